The van der Waals surface area contributed by atoms with Crippen LogP contribution in [0.3, 0.4) is 0 Å². The second-order valence-electron chi connectivity index (χ2n) is 5.10. The van der Waals surface area contributed by atoms with E-state index in [0.29, 0.717) is 17.0 Å². The Morgan fingerprint density at radius 2 is 1.89 bits per heavy atom. The normalized spacial score (nSPS) is 12.6. The van der Waals surface area contributed by atoms with E-state index in [1.165, 1.54) is 6.07 Å². The molecular weight excluding hydrogens is 240 g/mol. The molecule has 1 aromatic carbocycles. The molecule has 2 aromatic rings. The molecule has 1 heterocycles. The van der Waals surface area contributed by atoms with Crippen LogP contribution in [-0.4, -0.2) is 16.9 Å². The van der Waals surface area contributed by atoms with Crippen LogP contribution in [0.25, 0.3) is 10.9 Å². The molecule has 0 aliphatic rings. The molecule has 0 aliphatic heterocycles. The summed E-state index contributed by atoms with van der Waals surface area (Å²) in [6, 6.07) is 8.72. The first-order chi connectivity index (χ1) is 8.99. The fraction of sp³-hybridized carbons (Fsp3) is 0.333. The number of para-hydroxylation sites is 1. The molecule has 0 unspecified atom stereocenters. The number of benzene rings is 1. The van der Waals surface area contributed by atoms with Gasteiger partial charge in [-0.3, -0.25) is 9.59 Å². The topological polar surface area (TPSA) is 62.0 Å². The lowest BCUT2D eigenvalue weighted by molar-refractivity contribution is 0.0932. The van der Waals surface area contributed by atoms with Crippen LogP contribution < -0.4 is 10.9 Å². The molecule has 1 amide bonds. The summed E-state index contributed by atoms with van der Waals surface area (Å²) in [5.74, 6) is 0.140. The summed E-state index contributed by atoms with van der Waals surface area (Å²) in [5, 5.41) is 3.68. The molecule has 0 fully saturated rings. The summed E-state index contributed by atoms with van der Waals surface area (Å²) >= 11 is 0. The van der Waals surface area contributed by atoms with Gasteiger partial charge >= 0.3 is 0 Å². The number of aromatic amines is 1. The monoisotopic (exact) mass is 258 g/mol. The Balaban J connectivity index is 2.44. The van der Waals surface area contributed by atoms with E-state index in [1.54, 1.807) is 6.07 Å². The van der Waals surface area contributed by atoms with E-state index in [2.05, 4.69) is 10.3 Å². The van der Waals surface area contributed by atoms with Crippen molar-refractivity contribution in [3.63, 3.8) is 0 Å². The third-order valence-corrected chi connectivity index (χ3v) is 3.35. The Kier molecular flexibility index (Phi) is 3.69. The van der Waals surface area contributed by atoms with Gasteiger partial charge in [-0.2, -0.15) is 0 Å². The number of rotatable bonds is 3. The number of carbonyl (C=O) groups is 1. The van der Waals surface area contributed by atoms with Crippen LogP contribution >= 0.6 is 0 Å². The predicted octanol–water partition coefficient (Wildman–Crippen LogP) is 2.30. The summed E-state index contributed by atoms with van der Waals surface area (Å²) in [5.41, 5.74) is 0.838. The Morgan fingerprint density at radius 1 is 1.21 bits per heavy atom. The van der Waals surface area contributed by atoms with Gasteiger partial charge in [0.15, 0.2) is 0 Å². The Bertz CT molecular complexity index is 658. The van der Waals surface area contributed by atoms with Crippen molar-refractivity contribution in [1.82, 2.24) is 10.3 Å². The number of nitrogens with one attached hydrogen (secondary N) is 2. The lowest BCUT2D eigenvalue weighted by atomic mass is 10.0. The second-order valence-corrected chi connectivity index (χ2v) is 5.10. The maximum absolute atomic E-state index is 12.3. The van der Waals surface area contributed by atoms with Crippen molar-refractivity contribution >= 4 is 16.8 Å². The molecule has 0 spiro atoms. The summed E-state index contributed by atoms with van der Waals surface area (Å²) < 4.78 is 0. The molecule has 0 bridgehead atoms. The zero-order valence-electron chi connectivity index (χ0n) is 11.4. The highest BCUT2D eigenvalue weighted by Crippen LogP contribution is 2.15. The molecule has 0 radical (unpaired) electrons. The highest BCUT2D eigenvalue weighted by atomic mass is 16.2. The number of pyridine rings is 1. The van der Waals surface area contributed by atoms with Gasteiger partial charge < -0.3 is 10.3 Å². The zero-order chi connectivity index (χ0) is 14.0. The molecule has 0 saturated heterocycles. The van der Waals surface area contributed by atoms with E-state index in [-0.39, 0.29) is 17.5 Å². The van der Waals surface area contributed by atoms with Gasteiger partial charge in [0.1, 0.15) is 0 Å². The summed E-state index contributed by atoms with van der Waals surface area (Å²) in [6.07, 6.45) is 0. The van der Waals surface area contributed by atoms with Crippen LogP contribution in [0, 0.1) is 5.92 Å². The van der Waals surface area contributed by atoms with Crippen LogP contribution in [0.1, 0.15) is 31.1 Å². The van der Waals surface area contributed by atoms with Gasteiger partial charge in [-0.1, -0.05) is 32.0 Å². The molecule has 0 aliphatic carbocycles. The first kappa shape index (κ1) is 13.3. The van der Waals surface area contributed by atoms with Gasteiger partial charge in [0.2, 0.25) is 5.56 Å². The number of amides is 1. The molecule has 0 saturated carbocycles. The molecule has 4 nitrogen and oxygen atoms in total. The van der Waals surface area contributed by atoms with E-state index in [4.69, 9.17) is 0 Å². The Labute approximate surface area is 111 Å². The third kappa shape index (κ3) is 2.84. The van der Waals surface area contributed by atoms with Crippen molar-refractivity contribution in [2.45, 2.75) is 26.8 Å². The number of H-pyrrole nitrogens is 1. The van der Waals surface area contributed by atoms with E-state index in [9.17, 15) is 9.59 Å². The summed E-state index contributed by atoms with van der Waals surface area (Å²) in [7, 11) is 0. The smallest absolute Gasteiger partial charge is 0.252 e. The molecule has 100 valence electrons. The lowest BCUT2D eigenvalue weighted by Crippen LogP contribution is -2.36. The average molecular weight is 258 g/mol. The predicted molar refractivity (Wildman–Crippen MR) is 76.3 cm³/mol. The van der Waals surface area contributed by atoms with Gasteiger partial charge in [-0.05, 0) is 18.9 Å². The van der Waals surface area contributed by atoms with Gasteiger partial charge in [0.25, 0.3) is 5.91 Å². The van der Waals surface area contributed by atoms with Gasteiger partial charge in [0.05, 0.1) is 5.56 Å². The fourth-order valence-corrected chi connectivity index (χ4v) is 1.84. The van der Waals surface area contributed by atoms with Crippen molar-refractivity contribution in [1.29, 1.82) is 0 Å². The van der Waals surface area contributed by atoms with Crippen molar-refractivity contribution < 1.29 is 4.79 Å². The number of fused-ring (bicyclic) bond motifs is 1. The fourth-order valence-electron chi connectivity index (χ4n) is 1.84. The quantitative estimate of drug-likeness (QED) is 0.887. The van der Waals surface area contributed by atoms with E-state index < -0.39 is 0 Å². The van der Waals surface area contributed by atoms with Crippen LogP contribution in [-0.2, 0) is 0 Å². The molecule has 2 rings (SSSR count). The number of hydrogen-bond acceptors (Lipinski definition) is 2. The first-order valence-corrected chi connectivity index (χ1v) is 6.42. The van der Waals surface area contributed by atoms with Crippen LogP contribution in [0.15, 0.2) is 35.1 Å². The Hall–Kier alpha value is -2.10. The van der Waals surface area contributed by atoms with E-state index >= 15 is 0 Å². The van der Waals surface area contributed by atoms with Gasteiger partial charge in [0, 0.05) is 23.0 Å². The zero-order valence-corrected chi connectivity index (χ0v) is 11.4. The maximum atomic E-state index is 12.3. The minimum atomic E-state index is -0.263. The van der Waals surface area contributed by atoms with Crippen LogP contribution in [0.4, 0.5) is 0 Å². The van der Waals surface area contributed by atoms with E-state index in [1.807, 2.05) is 39.0 Å². The van der Waals surface area contributed by atoms with Gasteiger partial charge in [-0.25, -0.2) is 0 Å². The highest BCUT2D eigenvalue weighted by Gasteiger charge is 2.15. The second kappa shape index (κ2) is 5.26. The highest BCUT2D eigenvalue weighted by molar-refractivity contribution is 6.06. The third-order valence-electron chi connectivity index (χ3n) is 3.35. The first-order valence-electron chi connectivity index (χ1n) is 6.42. The van der Waals surface area contributed by atoms with E-state index in [0.717, 1.165) is 5.39 Å². The van der Waals surface area contributed by atoms with Gasteiger partial charge in [-0.15, -0.1) is 0 Å². The minimum absolute atomic E-state index is 0.0607. The molecule has 1 aromatic heterocycles. The van der Waals surface area contributed by atoms with Crippen molar-refractivity contribution in [3.8, 4) is 0 Å². The number of hydrogen-bond donors (Lipinski definition) is 2. The summed E-state index contributed by atoms with van der Waals surface area (Å²) in [6.45, 7) is 6.04. The van der Waals surface area contributed by atoms with Crippen LogP contribution in [0.5, 0.6) is 0 Å². The molecule has 19 heavy (non-hydrogen) atoms. The SMILES string of the molecule is CC(C)[C@@H](C)NC(=O)c1cc(=O)[nH]c2ccccc12. The molecule has 1 atom stereocenters. The van der Waals surface area contributed by atoms with Crippen LogP contribution in [0.2, 0.25) is 0 Å². The summed E-state index contributed by atoms with van der Waals surface area (Å²) in [4.78, 5) is 26.6. The van der Waals surface area contributed by atoms with Crippen molar-refractivity contribution in [2.24, 2.45) is 5.92 Å². The molecular formula is C15H18N2O2. The number of aromatic nitrogens is 1. The Morgan fingerprint density at radius 3 is 2.58 bits per heavy atom. The maximum Gasteiger partial charge on any atom is 0.252 e. The van der Waals surface area contributed by atoms with Crippen molar-refractivity contribution in [3.05, 3.63) is 46.2 Å². The molecule has 4 heteroatoms. The average Bonchev–Trinajstić information content (AvgIpc) is 2.37. The lowest BCUT2D eigenvalue weighted by Gasteiger charge is -2.17. The molecule has 2 N–H and O–H groups in total. The standard InChI is InChI=1S/C15H18N2O2/c1-9(2)10(3)16-15(19)12-8-14(18)17-13-7-5-4-6-11(12)13/h4-10H,1-3H3,(H,16,19)(H,17,18)/t10-/m1/s1. The minimum Gasteiger partial charge on any atom is -0.349 e. The largest absolute Gasteiger partial charge is 0.349 e. The number of carbonyl (C=O) groups excluding carboxylic acids is 1. The van der Waals surface area contributed by atoms with Crippen molar-refractivity contribution in [2.75, 3.05) is 0 Å².